The molecule has 2 rings (SSSR count). The molecule has 0 amide bonds. The first-order valence-corrected chi connectivity index (χ1v) is 8.29. The molecule has 1 heterocycles. The summed E-state index contributed by atoms with van der Waals surface area (Å²) in [6, 6.07) is 7.76. The minimum atomic E-state index is -0.647. The second-order valence-corrected chi connectivity index (χ2v) is 6.89. The predicted molar refractivity (Wildman–Crippen MR) is 94.1 cm³/mol. The molecule has 124 valence electrons. The first kappa shape index (κ1) is 17.7. The van der Waals surface area contributed by atoms with Crippen LogP contribution in [0.4, 0.5) is 0 Å². The van der Waals surface area contributed by atoms with E-state index in [1.807, 2.05) is 30.3 Å². The number of unbranched alkanes of at least 4 members (excludes halogenated alkanes) is 1. The van der Waals surface area contributed by atoms with E-state index < -0.39 is 6.10 Å². The largest absolute Gasteiger partial charge is 0.386 e. The van der Waals surface area contributed by atoms with Crippen LogP contribution in [-0.2, 0) is 6.42 Å². The Hall–Kier alpha value is -1.65. The molecule has 1 N–H and O–H groups in total. The van der Waals surface area contributed by atoms with E-state index in [9.17, 15) is 5.11 Å². The van der Waals surface area contributed by atoms with Crippen LogP contribution in [0.2, 0.25) is 5.02 Å². The lowest BCUT2D eigenvalue weighted by Gasteiger charge is -2.32. The summed E-state index contributed by atoms with van der Waals surface area (Å²) in [6.07, 6.45) is 7.16. The topological polar surface area (TPSA) is 50.9 Å². The van der Waals surface area contributed by atoms with Crippen molar-refractivity contribution in [2.45, 2.75) is 46.1 Å². The fraction of sp³-hybridized carbons (Fsp3) is 0.444. The van der Waals surface area contributed by atoms with Gasteiger partial charge in [0.15, 0.2) is 0 Å². The second-order valence-electron chi connectivity index (χ2n) is 6.45. The number of rotatable bonds is 7. The maximum absolute atomic E-state index is 11.0. The summed E-state index contributed by atoms with van der Waals surface area (Å²) in [4.78, 5) is 3.99. The number of hydrogen-bond acceptors (Lipinski definition) is 3. The molecule has 0 aliphatic carbocycles. The van der Waals surface area contributed by atoms with Crippen molar-refractivity contribution in [3.8, 4) is 0 Å². The molecule has 2 aromatic rings. The molecule has 0 radical (unpaired) electrons. The van der Waals surface area contributed by atoms with Crippen LogP contribution in [0.15, 0.2) is 43.0 Å². The van der Waals surface area contributed by atoms with Gasteiger partial charge < -0.3 is 5.11 Å². The number of aromatic nitrogens is 3. The van der Waals surface area contributed by atoms with Crippen molar-refractivity contribution >= 4 is 17.3 Å². The molecule has 0 spiro atoms. The lowest BCUT2D eigenvalue weighted by atomic mass is 9.79. The molecule has 0 fully saturated rings. The molecular formula is C18H24ClN3O. The van der Waals surface area contributed by atoms with Crippen LogP contribution >= 0.6 is 11.6 Å². The number of halogens is 1. The maximum Gasteiger partial charge on any atom is 0.138 e. The van der Waals surface area contributed by atoms with E-state index in [4.69, 9.17) is 11.6 Å². The third-order valence-corrected chi connectivity index (χ3v) is 4.17. The number of hydrogen-bond donors (Lipinski definition) is 1. The Labute approximate surface area is 142 Å². The standard InChI is InChI=1S/C18H24ClN3O/c1-4-5-6-16(22-13-20-12-21-22)17(23)18(2,3)11-14-7-9-15(19)10-8-14/h6-10,12-13,17,23H,4-5,11H2,1-3H3/b16-6-. The summed E-state index contributed by atoms with van der Waals surface area (Å²) in [7, 11) is 0. The van der Waals surface area contributed by atoms with Gasteiger partial charge in [0.2, 0.25) is 0 Å². The van der Waals surface area contributed by atoms with Crippen molar-refractivity contribution in [1.82, 2.24) is 14.8 Å². The number of nitrogens with zero attached hydrogens (tertiary/aromatic N) is 3. The van der Waals surface area contributed by atoms with E-state index in [2.05, 4.69) is 30.9 Å². The van der Waals surface area contributed by atoms with Gasteiger partial charge in [-0.2, -0.15) is 5.10 Å². The van der Waals surface area contributed by atoms with Gasteiger partial charge in [0, 0.05) is 10.4 Å². The van der Waals surface area contributed by atoms with Crippen LogP contribution in [0.5, 0.6) is 0 Å². The Balaban J connectivity index is 2.23. The molecule has 1 aromatic heterocycles. The smallest absolute Gasteiger partial charge is 0.138 e. The molecule has 0 saturated heterocycles. The van der Waals surface area contributed by atoms with Gasteiger partial charge in [-0.3, -0.25) is 0 Å². The van der Waals surface area contributed by atoms with E-state index >= 15 is 0 Å². The number of aliphatic hydroxyl groups excluding tert-OH is 1. The number of allylic oxidation sites excluding steroid dienone is 1. The van der Waals surface area contributed by atoms with Gasteiger partial charge >= 0.3 is 0 Å². The molecule has 5 heteroatoms. The van der Waals surface area contributed by atoms with Crippen molar-refractivity contribution in [3.05, 3.63) is 53.6 Å². The Kier molecular flexibility index (Phi) is 5.97. The summed E-state index contributed by atoms with van der Waals surface area (Å²) in [6.45, 7) is 6.23. The highest BCUT2D eigenvalue weighted by Gasteiger charge is 2.32. The summed E-state index contributed by atoms with van der Waals surface area (Å²) in [5, 5.41) is 15.9. The highest BCUT2D eigenvalue weighted by Crippen LogP contribution is 2.32. The Morgan fingerprint density at radius 2 is 2.04 bits per heavy atom. The predicted octanol–water partition coefficient (Wildman–Crippen LogP) is 4.20. The monoisotopic (exact) mass is 333 g/mol. The highest BCUT2D eigenvalue weighted by atomic mass is 35.5. The van der Waals surface area contributed by atoms with Gasteiger partial charge in [-0.25, -0.2) is 9.67 Å². The zero-order chi connectivity index (χ0) is 16.9. The molecule has 0 bridgehead atoms. The lowest BCUT2D eigenvalue weighted by molar-refractivity contribution is 0.0935. The van der Waals surface area contributed by atoms with E-state index in [0.29, 0.717) is 0 Å². The second kappa shape index (κ2) is 7.75. The fourth-order valence-electron chi connectivity index (χ4n) is 2.59. The minimum Gasteiger partial charge on any atom is -0.386 e. The Bertz CT molecular complexity index is 633. The SMILES string of the molecule is CCC/C=C(/C(O)C(C)(C)Cc1ccc(Cl)cc1)n1cncn1. The van der Waals surface area contributed by atoms with Crippen LogP contribution in [0.1, 0.15) is 39.2 Å². The van der Waals surface area contributed by atoms with Gasteiger partial charge in [0.1, 0.15) is 18.8 Å². The van der Waals surface area contributed by atoms with Crippen molar-refractivity contribution in [2.75, 3.05) is 0 Å². The van der Waals surface area contributed by atoms with Gasteiger partial charge in [0.25, 0.3) is 0 Å². The van der Waals surface area contributed by atoms with Crippen molar-refractivity contribution in [1.29, 1.82) is 0 Å². The zero-order valence-corrected chi connectivity index (χ0v) is 14.7. The normalized spacial score (nSPS) is 14.0. The van der Waals surface area contributed by atoms with Crippen molar-refractivity contribution in [2.24, 2.45) is 5.41 Å². The third kappa shape index (κ3) is 4.66. The van der Waals surface area contributed by atoms with Crippen LogP contribution in [-0.4, -0.2) is 26.0 Å². The van der Waals surface area contributed by atoms with Crippen LogP contribution in [0, 0.1) is 5.41 Å². The summed E-state index contributed by atoms with van der Waals surface area (Å²) < 4.78 is 1.66. The molecule has 0 aliphatic heterocycles. The van der Waals surface area contributed by atoms with Crippen LogP contribution in [0.25, 0.3) is 5.70 Å². The minimum absolute atomic E-state index is 0.348. The first-order valence-electron chi connectivity index (χ1n) is 7.91. The van der Waals surface area contributed by atoms with Gasteiger partial charge in [-0.1, -0.05) is 57.0 Å². The average molecular weight is 334 g/mol. The summed E-state index contributed by atoms with van der Waals surface area (Å²) >= 11 is 5.94. The van der Waals surface area contributed by atoms with Gasteiger partial charge in [-0.05, 0) is 30.5 Å². The van der Waals surface area contributed by atoms with Gasteiger partial charge in [0.05, 0.1) is 5.70 Å². The molecule has 4 nitrogen and oxygen atoms in total. The fourth-order valence-corrected chi connectivity index (χ4v) is 2.72. The Morgan fingerprint density at radius 1 is 1.35 bits per heavy atom. The van der Waals surface area contributed by atoms with Gasteiger partial charge in [-0.15, -0.1) is 0 Å². The molecule has 0 saturated carbocycles. The molecule has 1 atom stereocenters. The van der Waals surface area contributed by atoms with E-state index in [0.717, 1.165) is 35.5 Å². The molecular weight excluding hydrogens is 310 g/mol. The summed E-state index contributed by atoms with van der Waals surface area (Å²) in [5.74, 6) is 0. The summed E-state index contributed by atoms with van der Waals surface area (Å²) in [5.41, 5.74) is 1.58. The van der Waals surface area contributed by atoms with Crippen LogP contribution < -0.4 is 0 Å². The van der Waals surface area contributed by atoms with Crippen LogP contribution in [0.3, 0.4) is 0 Å². The zero-order valence-electron chi connectivity index (χ0n) is 13.9. The lowest BCUT2D eigenvalue weighted by Crippen LogP contribution is -2.34. The number of aliphatic hydroxyl groups is 1. The maximum atomic E-state index is 11.0. The van der Waals surface area contributed by atoms with Crippen molar-refractivity contribution in [3.63, 3.8) is 0 Å². The van der Waals surface area contributed by atoms with Crippen molar-refractivity contribution < 1.29 is 5.11 Å². The highest BCUT2D eigenvalue weighted by molar-refractivity contribution is 6.30. The molecule has 1 unspecified atom stereocenters. The van der Waals surface area contributed by atoms with E-state index in [1.165, 1.54) is 6.33 Å². The van der Waals surface area contributed by atoms with E-state index in [1.54, 1.807) is 11.0 Å². The quantitative estimate of drug-likeness (QED) is 0.826. The average Bonchev–Trinajstić information content (AvgIpc) is 3.04. The van der Waals surface area contributed by atoms with E-state index in [-0.39, 0.29) is 5.41 Å². The molecule has 23 heavy (non-hydrogen) atoms. The first-order chi connectivity index (χ1) is 10.9. The molecule has 1 aromatic carbocycles. The third-order valence-electron chi connectivity index (χ3n) is 3.92. The molecule has 0 aliphatic rings. The Morgan fingerprint density at radius 3 is 2.61 bits per heavy atom. The number of benzene rings is 1.